The molecule has 0 aromatic heterocycles. The standard InChI is InChI=1S/C12H11BrClNO2/c1-2-5-15(8-12(16)17)7-9-3-4-10(13)11(14)6-9/h1,3-4,6H,5,7-8H2,(H,16,17). The van der Waals surface area contributed by atoms with Crippen molar-refractivity contribution in [3.63, 3.8) is 0 Å². The van der Waals surface area contributed by atoms with Crippen LogP contribution in [0.5, 0.6) is 0 Å². The average Bonchev–Trinajstić information content (AvgIpc) is 2.23. The fourth-order valence-corrected chi connectivity index (χ4v) is 1.83. The lowest BCUT2D eigenvalue weighted by molar-refractivity contribution is -0.138. The Morgan fingerprint density at radius 3 is 2.82 bits per heavy atom. The highest BCUT2D eigenvalue weighted by molar-refractivity contribution is 9.10. The Balaban J connectivity index is 2.75. The molecule has 0 heterocycles. The lowest BCUT2D eigenvalue weighted by atomic mass is 10.2. The second kappa shape index (κ2) is 6.65. The van der Waals surface area contributed by atoms with E-state index < -0.39 is 5.97 Å². The number of carboxylic acids is 1. The van der Waals surface area contributed by atoms with Crippen LogP contribution in [0.4, 0.5) is 0 Å². The van der Waals surface area contributed by atoms with Crippen LogP contribution >= 0.6 is 27.5 Å². The van der Waals surface area contributed by atoms with Crippen molar-refractivity contribution in [2.45, 2.75) is 6.54 Å². The minimum atomic E-state index is -0.900. The third kappa shape index (κ3) is 4.78. The summed E-state index contributed by atoms with van der Waals surface area (Å²) in [6, 6.07) is 5.49. The van der Waals surface area contributed by atoms with E-state index in [9.17, 15) is 4.79 Å². The van der Waals surface area contributed by atoms with Crippen LogP contribution < -0.4 is 0 Å². The summed E-state index contributed by atoms with van der Waals surface area (Å²) in [6.07, 6.45) is 5.19. The number of hydrogen-bond acceptors (Lipinski definition) is 2. The lowest BCUT2D eigenvalue weighted by Gasteiger charge is -2.17. The Morgan fingerprint density at radius 2 is 2.29 bits per heavy atom. The minimum Gasteiger partial charge on any atom is -0.480 e. The highest BCUT2D eigenvalue weighted by atomic mass is 79.9. The first-order valence-electron chi connectivity index (χ1n) is 4.84. The van der Waals surface area contributed by atoms with Gasteiger partial charge in [-0.3, -0.25) is 9.69 Å². The van der Waals surface area contributed by atoms with Gasteiger partial charge in [-0.2, -0.15) is 0 Å². The molecule has 0 aliphatic carbocycles. The van der Waals surface area contributed by atoms with Crippen LogP contribution in [0.15, 0.2) is 22.7 Å². The zero-order valence-corrected chi connectivity index (χ0v) is 11.3. The normalized spacial score (nSPS) is 10.2. The number of carboxylic acid groups (broad SMARTS) is 1. The van der Waals surface area contributed by atoms with Gasteiger partial charge < -0.3 is 5.11 Å². The van der Waals surface area contributed by atoms with E-state index >= 15 is 0 Å². The fraction of sp³-hybridized carbons (Fsp3) is 0.250. The summed E-state index contributed by atoms with van der Waals surface area (Å²) < 4.78 is 0.810. The van der Waals surface area contributed by atoms with E-state index in [1.54, 1.807) is 11.0 Å². The number of benzene rings is 1. The van der Waals surface area contributed by atoms with Gasteiger partial charge in [0.1, 0.15) is 0 Å². The molecular weight excluding hydrogens is 305 g/mol. The molecule has 0 spiro atoms. The van der Waals surface area contributed by atoms with Gasteiger partial charge >= 0.3 is 5.97 Å². The van der Waals surface area contributed by atoms with Gasteiger partial charge in [-0.25, -0.2) is 0 Å². The number of carbonyl (C=O) groups is 1. The number of aliphatic carboxylic acids is 1. The molecule has 0 bridgehead atoms. The van der Waals surface area contributed by atoms with Gasteiger partial charge in [0.25, 0.3) is 0 Å². The van der Waals surface area contributed by atoms with E-state index in [-0.39, 0.29) is 6.54 Å². The molecule has 0 radical (unpaired) electrons. The molecule has 0 atom stereocenters. The molecule has 17 heavy (non-hydrogen) atoms. The van der Waals surface area contributed by atoms with Gasteiger partial charge in [-0.05, 0) is 33.6 Å². The predicted octanol–water partition coefficient (Wildman–Crippen LogP) is 2.62. The van der Waals surface area contributed by atoms with Gasteiger partial charge in [0.2, 0.25) is 0 Å². The van der Waals surface area contributed by atoms with Crippen molar-refractivity contribution in [2.24, 2.45) is 0 Å². The van der Waals surface area contributed by atoms with Crippen molar-refractivity contribution in [3.05, 3.63) is 33.3 Å². The molecule has 0 saturated carbocycles. The summed E-state index contributed by atoms with van der Waals surface area (Å²) in [7, 11) is 0. The Labute approximate surface area is 114 Å². The maximum Gasteiger partial charge on any atom is 0.317 e. The molecule has 1 aromatic rings. The zero-order valence-electron chi connectivity index (χ0n) is 8.99. The molecule has 3 nitrogen and oxygen atoms in total. The second-order valence-electron chi connectivity index (χ2n) is 3.49. The molecule has 0 unspecified atom stereocenters. The van der Waals surface area contributed by atoms with E-state index in [0.29, 0.717) is 18.1 Å². The van der Waals surface area contributed by atoms with Gasteiger partial charge in [0.15, 0.2) is 0 Å². The molecule has 0 fully saturated rings. The van der Waals surface area contributed by atoms with Crippen LogP contribution in [0.1, 0.15) is 5.56 Å². The molecular formula is C12H11BrClNO2. The quantitative estimate of drug-likeness (QED) is 0.849. The van der Waals surface area contributed by atoms with E-state index in [2.05, 4.69) is 21.9 Å². The zero-order chi connectivity index (χ0) is 12.8. The Bertz CT molecular complexity index is 456. The first kappa shape index (κ1) is 14.0. The van der Waals surface area contributed by atoms with Crippen LogP contribution in [-0.4, -0.2) is 29.1 Å². The van der Waals surface area contributed by atoms with Crippen molar-refractivity contribution >= 4 is 33.5 Å². The molecule has 0 saturated heterocycles. The summed E-state index contributed by atoms with van der Waals surface area (Å²) in [4.78, 5) is 12.3. The number of rotatable bonds is 5. The Morgan fingerprint density at radius 1 is 1.59 bits per heavy atom. The van der Waals surface area contributed by atoms with E-state index in [4.69, 9.17) is 23.1 Å². The number of terminal acetylenes is 1. The number of hydrogen-bond donors (Lipinski definition) is 1. The summed E-state index contributed by atoms with van der Waals surface area (Å²) in [6.45, 7) is 0.668. The van der Waals surface area contributed by atoms with E-state index in [1.165, 1.54) is 0 Å². The fourth-order valence-electron chi connectivity index (χ4n) is 1.38. The van der Waals surface area contributed by atoms with Crippen molar-refractivity contribution in [2.75, 3.05) is 13.1 Å². The molecule has 1 aromatic carbocycles. The SMILES string of the molecule is C#CCN(CC(=O)O)Cc1ccc(Br)c(Cl)c1. The smallest absolute Gasteiger partial charge is 0.317 e. The third-order valence-electron chi connectivity index (χ3n) is 2.06. The van der Waals surface area contributed by atoms with Crippen molar-refractivity contribution in [1.82, 2.24) is 4.90 Å². The summed E-state index contributed by atoms with van der Waals surface area (Å²) in [5, 5.41) is 9.34. The van der Waals surface area contributed by atoms with Crippen LogP contribution in [-0.2, 0) is 11.3 Å². The van der Waals surface area contributed by atoms with Gasteiger partial charge in [0, 0.05) is 11.0 Å². The van der Waals surface area contributed by atoms with E-state index in [1.807, 2.05) is 12.1 Å². The first-order chi connectivity index (χ1) is 8.02. The monoisotopic (exact) mass is 315 g/mol. The minimum absolute atomic E-state index is 0.0854. The van der Waals surface area contributed by atoms with Crippen LogP contribution in [0.25, 0.3) is 0 Å². The van der Waals surface area contributed by atoms with E-state index in [0.717, 1.165) is 10.0 Å². The molecule has 0 aliphatic rings. The maximum absolute atomic E-state index is 10.7. The van der Waals surface area contributed by atoms with Crippen LogP contribution in [0.3, 0.4) is 0 Å². The highest BCUT2D eigenvalue weighted by Gasteiger charge is 2.09. The summed E-state index contributed by atoms with van der Waals surface area (Å²) >= 11 is 9.25. The van der Waals surface area contributed by atoms with Gasteiger partial charge in [-0.15, -0.1) is 6.42 Å². The molecule has 0 amide bonds. The van der Waals surface area contributed by atoms with Crippen LogP contribution in [0, 0.1) is 12.3 Å². The second-order valence-corrected chi connectivity index (χ2v) is 4.75. The lowest BCUT2D eigenvalue weighted by Crippen LogP contribution is -2.29. The van der Waals surface area contributed by atoms with Crippen molar-refractivity contribution in [3.8, 4) is 12.3 Å². The molecule has 5 heteroatoms. The van der Waals surface area contributed by atoms with Gasteiger partial charge in [-0.1, -0.05) is 23.6 Å². The topological polar surface area (TPSA) is 40.5 Å². The molecule has 1 N–H and O–H groups in total. The van der Waals surface area contributed by atoms with Crippen molar-refractivity contribution < 1.29 is 9.90 Å². The van der Waals surface area contributed by atoms with Gasteiger partial charge in [0.05, 0.1) is 18.1 Å². The van der Waals surface area contributed by atoms with Crippen molar-refractivity contribution in [1.29, 1.82) is 0 Å². The Hall–Kier alpha value is -1.02. The summed E-state index contributed by atoms with van der Waals surface area (Å²) in [5.41, 5.74) is 0.926. The predicted molar refractivity (Wildman–Crippen MR) is 70.9 cm³/mol. The first-order valence-corrected chi connectivity index (χ1v) is 6.01. The van der Waals surface area contributed by atoms with Crippen LogP contribution in [0.2, 0.25) is 5.02 Å². The Kier molecular flexibility index (Phi) is 5.49. The molecule has 90 valence electrons. The molecule has 1 rings (SSSR count). The number of halogens is 2. The largest absolute Gasteiger partial charge is 0.480 e. The summed E-state index contributed by atoms with van der Waals surface area (Å²) in [5.74, 6) is 1.54. The maximum atomic E-state index is 10.7. The third-order valence-corrected chi connectivity index (χ3v) is 3.30. The highest BCUT2D eigenvalue weighted by Crippen LogP contribution is 2.23. The number of nitrogens with zero attached hydrogens (tertiary/aromatic N) is 1. The molecule has 0 aliphatic heterocycles. The average molecular weight is 317 g/mol.